The number of likely N-dealkylation sites (tertiary alicyclic amines) is 1. The number of hydrogen-bond acceptors (Lipinski definition) is 4. The van der Waals surface area contributed by atoms with Gasteiger partial charge in [-0.25, -0.2) is 9.59 Å². The van der Waals surface area contributed by atoms with E-state index in [9.17, 15) is 14.7 Å². The van der Waals surface area contributed by atoms with E-state index in [0.29, 0.717) is 0 Å². The summed E-state index contributed by atoms with van der Waals surface area (Å²) in [6.45, 7) is 0.0418. The second-order valence-electron chi connectivity index (χ2n) is 4.43. The third-order valence-corrected chi connectivity index (χ3v) is 3.02. The van der Waals surface area contributed by atoms with E-state index in [4.69, 9.17) is 9.84 Å². The Balaban J connectivity index is 1.94. The molecule has 19 heavy (non-hydrogen) atoms. The molecule has 1 fully saturated rings. The van der Waals surface area contributed by atoms with Gasteiger partial charge in [0.25, 0.3) is 0 Å². The number of rotatable bonds is 3. The number of hydrogen-bond donors (Lipinski definition) is 2. The topological polar surface area (TPSA) is 87.1 Å². The van der Waals surface area contributed by atoms with Crippen LogP contribution in [0.4, 0.5) is 4.79 Å². The minimum absolute atomic E-state index is 0.0551. The third-order valence-electron chi connectivity index (χ3n) is 3.02. The molecule has 2 unspecified atom stereocenters. The number of carbonyl (C=O) groups is 2. The van der Waals surface area contributed by atoms with Crippen molar-refractivity contribution in [2.24, 2.45) is 0 Å². The van der Waals surface area contributed by atoms with Gasteiger partial charge in [-0.2, -0.15) is 0 Å². The van der Waals surface area contributed by atoms with Gasteiger partial charge >= 0.3 is 12.1 Å². The van der Waals surface area contributed by atoms with Crippen LogP contribution in [0, 0.1) is 0 Å². The lowest BCUT2D eigenvalue weighted by molar-refractivity contribution is -0.149. The molecule has 1 aromatic rings. The van der Waals surface area contributed by atoms with E-state index < -0.39 is 24.2 Å². The molecule has 6 heteroatoms. The van der Waals surface area contributed by atoms with Crippen LogP contribution in [0.5, 0.6) is 0 Å². The van der Waals surface area contributed by atoms with Crippen LogP contribution in [0.25, 0.3) is 0 Å². The van der Waals surface area contributed by atoms with Crippen molar-refractivity contribution in [1.82, 2.24) is 4.90 Å². The van der Waals surface area contributed by atoms with Crippen LogP contribution in [-0.4, -0.2) is 45.9 Å². The zero-order chi connectivity index (χ0) is 13.8. The van der Waals surface area contributed by atoms with E-state index >= 15 is 0 Å². The maximum atomic E-state index is 11.8. The van der Waals surface area contributed by atoms with E-state index in [0.717, 1.165) is 10.5 Å². The number of aliphatic hydroxyl groups excluding tert-OH is 1. The summed E-state index contributed by atoms with van der Waals surface area (Å²) in [6, 6.07) is 8.21. The highest BCUT2D eigenvalue weighted by Gasteiger charge is 2.39. The van der Waals surface area contributed by atoms with Crippen molar-refractivity contribution < 1.29 is 24.5 Å². The van der Waals surface area contributed by atoms with Gasteiger partial charge in [0.1, 0.15) is 12.6 Å². The largest absolute Gasteiger partial charge is 0.465 e. The lowest BCUT2D eigenvalue weighted by atomic mass is 10.2. The Hall–Kier alpha value is -2.08. The molecule has 0 bridgehead atoms. The molecule has 2 atom stereocenters. The Morgan fingerprint density at radius 2 is 2.00 bits per heavy atom. The number of benzene rings is 1. The number of nitrogens with zero attached hydrogens (tertiary/aromatic N) is 1. The summed E-state index contributed by atoms with van der Waals surface area (Å²) >= 11 is 0. The van der Waals surface area contributed by atoms with Gasteiger partial charge in [-0.05, 0) is 5.56 Å². The average molecular weight is 265 g/mol. The summed E-state index contributed by atoms with van der Waals surface area (Å²) in [6.07, 6.45) is -1.96. The van der Waals surface area contributed by atoms with Crippen LogP contribution in [0.15, 0.2) is 30.3 Å². The van der Waals surface area contributed by atoms with Crippen molar-refractivity contribution in [1.29, 1.82) is 0 Å². The fourth-order valence-corrected chi connectivity index (χ4v) is 2.07. The number of amides is 1. The van der Waals surface area contributed by atoms with Crippen LogP contribution >= 0.6 is 0 Å². The van der Waals surface area contributed by atoms with Crippen LogP contribution < -0.4 is 0 Å². The second kappa shape index (κ2) is 5.71. The van der Waals surface area contributed by atoms with Gasteiger partial charge in [-0.15, -0.1) is 0 Å². The molecule has 1 heterocycles. The number of β-amino-alcohol motifs (C(OH)–C–C–N with tert-alkyl or cyclic N) is 1. The summed E-state index contributed by atoms with van der Waals surface area (Å²) in [4.78, 5) is 23.7. The maximum absolute atomic E-state index is 11.8. The standard InChI is InChI=1S/C13H15NO5/c15-10-6-11(14(7-10)13(17)18)12(16)19-8-9-4-2-1-3-5-9/h1-5,10-11,15H,6-8H2,(H,17,18). The van der Waals surface area contributed by atoms with Crippen LogP contribution in [-0.2, 0) is 16.1 Å². The predicted molar refractivity (Wildman–Crippen MR) is 65.4 cm³/mol. The first-order valence-corrected chi connectivity index (χ1v) is 5.96. The highest BCUT2D eigenvalue weighted by molar-refractivity contribution is 5.81. The minimum Gasteiger partial charge on any atom is -0.465 e. The van der Waals surface area contributed by atoms with Crippen molar-refractivity contribution in [2.45, 2.75) is 25.2 Å². The van der Waals surface area contributed by atoms with E-state index in [1.54, 1.807) is 0 Å². The normalized spacial score (nSPS) is 22.3. The SMILES string of the molecule is O=C(OCc1ccccc1)C1CC(O)CN1C(=O)O. The Kier molecular flexibility index (Phi) is 4.01. The van der Waals surface area contributed by atoms with Gasteiger partial charge in [-0.1, -0.05) is 30.3 Å². The van der Waals surface area contributed by atoms with Crippen LogP contribution in [0.1, 0.15) is 12.0 Å². The molecule has 1 aromatic carbocycles. The third kappa shape index (κ3) is 3.23. The molecule has 1 saturated heterocycles. The van der Waals surface area contributed by atoms with Crippen molar-refractivity contribution in [3.8, 4) is 0 Å². The number of esters is 1. The van der Waals surface area contributed by atoms with Crippen LogP contribution in [0.2, 0.25) is 0 Å². The molecule has 0 aromatic heterocycles. The van der Waals surface area contributed by atoms with Gasteiger partial charge in [-0.3, -0.25) is 4.90 Å². The van der Waals surface area contributed by atoms with E-state index in [1.807, 2.05) is 30.3 Å². The first-order valence-electron chi connectivity index (χ1n) is 5.96. The van der Waals surface area contributed by atoms with Crippen LogP contribution in [0.3, 0.4) is 0 Å². The fourth-order valence-electron chi connectivity index (χ4n) is 2.07. The van der Waals surface area contributed by atoms with Gasteiger partial charge in [0.15, 0.2) is 0 Å². The zero-order valence-electron chi connectivity index (χ0n) is 10.2. The summed E-state index contributed by atoms with van der Waals surface area (Å²) in [7, 11) is 0. The summed E-state index contributed by atoms with van der Waals surface area (Å²) in [5.41, 5.74) is 0.830. The monoisotopic (exact) mass is 265 g/mol. The van der Waals surface area contributed by atoms with Gasteiger partial charge in [0, 0.05) is 6.42 Å². The Morgan fingerprint density at radius 1 is 1.32 bits per heavy atom. The maximum Gasteiger partial charge on any atom is 0.408 e. The average Bonchev–Trinajstić information content (AvgIpc) is 2.79. The number of carboxylic acid groups (broad SMARTS) is 1. The molecular weight excluding hydrogens is 250 g/mol. The van der Waals surface area contributed by atoms with Gasteiger partial charge in [0.05, 0.1) is 12.6 Å². The molecule has 0 aliphatic carbocycles. The van der Waals surface area contributed by atoms with Gasteiger partial charge < -0.3 is 14.9 Å². The molecule has 2 N–H and O–H groups in total. The Labute approximate surface area is 110 Å². The minimum atomic E-state index is -1.22. The van der Waals surface area contributed by atoms with E-state index in [-0.39, 0.29) is 19.6 Å². The van der Waals surface area contributed by atoms with Crippen molar-refractivity contribution in [3.05, 3.63) is 35.9 Å². The smallest absolute Gasteiger partial charge is 0.408 e. The quantitative estimate of drug-likeness (QED) is 0.791. The van der Waals surface area contributed by atoms with E-state index in [2.05, 4.69) is 0 Å². The number of ether oxygens (including phenoxy) is 1. The molecule has 2 rings (SSSR count). The number of aliphatic hydroxyl groups is 1. The molecule has 102 valence electrons. The summed E-state index contributed by atoms with van der Waals surface area (Å²) in [5, 5.41) is 18.4. The fraction of sp³-hybridized carbons (Fsp3) is 0.385. The molecular formula is C13H15NO5. The molecule has 1 aliphatic rings. The lowest BCUT2D eigenvalue weighted by Gasteiger charge is -2.19. The molecule has 0 spiro atoms. The Morgan fingerprint density at radius 3 is 2.63 bits per heavy atom. The highest BCUT2D eigenvalue weighted by atomic mass is 16.5. The molecule has 0 radical (unpaired) electrons. The summed E-state index contributed by atoms with van der Waals surface area (Å²) < 4.78 is 5.09. The van der Waals surface area contributed by atoms with Gasteiger partial charge in [0.2, 0.25) is 0 Å². The lowest BCUT2D eigenvalue weighted by Crippen LogP contribution is -2.40. The summed E-state index contributed by atoms with van der Waals surface area (Å²) in [5.74, 6) is -0.622. The molecule has 0 saturated carbocycles. The molecule has 1 amide bonds. The van der Waals surface area contributed by atoms with Crippen molar-refractivity contribution in [2.75, 3.05) is 6.54 Å². The first-order chi connectivity index (χ1) is 9.08. The zero-order valence-corrected chi connectivity index (χ0v) is 10.2. The van der Waals surface area contributed by atoms with Crippen molar-refractivity contribution in [3.63, 3.8) is 0 Å². The first kappa shape index (κ1) is 13.4. The Bertz CT molecular complexity index is 461. The second-order valence-corrected chi connectivity index (χ2v) is 4.43. The predicted octanol–water partition coefficient (Wildman–Crippen LogP) is 0.843. The van der Waals surface area contributed by atoms with E-state index in [1.165, 1.54) is 0 Å². The molecule has 1 aliphatic heterocycles. The highest BCUT2D eigenvalue weighted by Crippen LogP contribution is 2.19. The number of carbonyl (C=O) groups excluding carboxylic acids is 1. The van der Waals surface area contributed by atoms with Crippen molar-refractivity contribution >= 4 is 12.1 Å². The molecule has 6 nitrogen and oxygen atoms in total.